The van der Waals surface area contributed by atoms with Gasteiger partial charge in [-0.3, -0.25) is 14.4 Å². The molecular weight excluding hydrogens is 512 g/mol. The molecule has 1 saturated heterocycles. The molecule has 0 bridgehead atoms. The molecule has 2 aromatic rings. The van der Waals surface area contributed by atoms with Crippen LogP contribution in [0.25, 0.3) is 0 Å². The number of ketones is 3. The van der Waals surface area contributed by atoms with Gasteiger partial charge in [0.15, 0.2) is 17.2 Å². The van der Waals surface area contributed by atoms with Gasteiger partial charge < -0.3 is 14.7 Å². The number of Topliss-reactive ketones (excluding diaryl/α,β-unsaturated/α-hetero) is 2. The van der Waals surface area contributed by atoms with Crippen LogP contribution in [0.1, 0.15) is 70.3 Å². The van der Waals surface area contributed by atoms with Crippen molar-refractivity contribution < 1.29 is 42.6 Å². The van der Waals surface area contributed by atoms with E-state index in [1.165, 1.54) is 29.2 Å². The van der Waals surface area contributed by atoms with E-state index < -0.39 is 76.0 Å². The van der Waals surface area contributed by atoms with E-state index in [4.69, 9.17) is 16.3 Å². The molecule has 11 heteroatoms. The Morgan fingerprint density at radius 2 is 1.57 bits per heavy atom. The molecule has 2 aromatic carbocycles. The molecule has 1 N–H and O–H groups in total. The number of amides is 1. The molecule has 3 rings (SSSR count). The summed E-state index contributed by atoms with van der Waals surface area (Å²) >= 11 is 5.80. The highest BCUT2D eigenvalue weighted by Crippen LogP contribution is 2.33. The summed E-state index contributed by atoms with van der Waals surface area (Å²) in [4.78, 5) is 63.3. The van der Waals surface area contributed by atoms with Crippen LogP contribution in [0.15, 0.2) is 36.4 Å². The Morgan fingerprint density at radius 3 is 2.08 bits per heavy atom. The Labute approximate surface area is 216 Å². The van der Waals surface area contributed by atoms with E-state index in [1.807, 2.05) is 0 Å². The minimum Gasteiger partial charge on any atom is -0.475 e. The van der Waals surface area contributed by atoms with Crippen molar-refractivity contribution in [1.29, 1.82) is 0 Å². The van der Waals surface area contributed by atoms with Gasteiger partial charge in [-0.2, -0.15) is 0 Å². The van der Waals surface area contributed by atoms with Crippen molar-refractivity contribution in [3.8, 4) is 0 Å². The molecule has 0 aliphatic carbocycles. The first-order valence-electron chi connectivity index (χ1n) is 11.3. The van der Waals surface area contributed by atoms with Crippen molar-refractivity contribution in [2.24, 2.45) is 0 Å². The molecule has 0 spiro atoms. The lowest BCUT2D eigenvalue weighted by Gasteiger charge is -2.36. The summed E-state index contributed by atoms with van der Waals surface area (Å²) in [6, 6.07) is 6.53. The molecule has 196 valence electrons. The van der Waals surface area contributed by atoms with E-state index in [-0.39, 0.29) is 23.7 Å². The highest BCUT2D eigenvalue weighted by Gasteiger charge is 2.44. The molecule has 1 aliphatic rings. The first-order chi connectivity index (χ1) is 17.1. The zero-order chi connectivity index (χ0) is 27.7. The fraction of sp³-hybridized carbons (Fsp3) is 0.346. The maximum absolute atomic E-state index is 15.7. The Kier molecular flexibility index (Phi) is 7.83. The molecule has 0 atom stereocenters. The van der Waals surface area contributed by atoms with E-state index in [0.29, 0.717) is 12.1 Å². The van der Waals surface area contributed by atoms with Crippen LogP contribution in [0.3, 0.4) is 0 Å². The van der Waals surface area contributed by atoms with Gasteiger partial charge in [-0.25, -0.2) is 18.4 Å². The number of ether oxygens (including phenoxy) is 1. The summed E-state index contributed by atoms with van der Waals surface area (Å²) in [5.41, 5.74) is -5.73. The second-order valence-electron chi connectivity index (χ2n) is 9.61. The predicted molar refractivity (Wildman–Crippen MR) is 128 cm³/mol. The van der Waals surface area contributed by atoms with E-state index >= 15 is 8.78 Å². The molecule has 8 nitrogen and oxygen atoms in total. The molecule has 1 aliphatic heterocycles. The van der Waals surface area contributed by atoms with Gasteiger partial charge in [0.1, 0.15) is 11.4 Å². The van der Waals surface area contributed by atoms with E-state index in [0.717, 1.165) is 0 Å². The number of carboxylic acids is 1. The second-order valence-corrected chi connectivity index (χ2v) is 10.0. The maximum Gasteiger partial charge on any atom is 0.410 e. The third-order valence-electron chi connectivity index (χ3n) is 5.74. The van der Waals surface area contributed by atoms with Crippen LogP contribution < -0.4 is 0 Å². The number of hydrogen-bond donors (Lipinski definition) is 1. The molecule has 1 fully saturated rings. The molecule has 0 saturated carbocycles. The number of alkyl halides is 1. The number of rotatable bonds is 6. The van der Waals surface area contributed by atoms with Crippen molar-refractivity contribution in [2.75, 3.05) is 13.1 Å². The van der Waals surface area contributed by atoms with Crippen LogP contribution in [0.5, 0.6) is 0 Å². The molecule has 0 radical (unpaired) electrons. The van der Waals surface area contributed by atoms with Gasteiger partial charge >= 0.3 is 12.1 Å². The van der Waals surface area contributed by atoms with Crippen LogP contribution in [0.2, 0.25) is 5.02 Å². The monoisotopic (exact) mass is 535 g/mol. The summed E-state index contributed by atoms with van der Waals surface area (Å²) in [7, 11) is 0. The summed E-state index contributed by atoms with van der Waals surface area (Å²) in [5, 5.41) is 9.50. The SMILES string of the molecule is CC(C)(C)OC(=O)N1CCC(F)(C(=O)c2cc(F)c(C(=O)c3ccc(Cl)cc3)c(C(=O)C(=O)O)c2)CC1. The number of carboxylic acid groups (broad SMARTS) is 1. The molecule has 1 heterocycles. The second kappa shape index (κ2) is 10.4. The van der Waals surface area contributed by atoms with Crippen molar-refractivity contribution >= 4 is 41.0 Å². The molecule has 0 aromatic heterocycles. The van der Waals surface area contributed by atoms with Crippen LogP contribution in [-0.4, -0.2) is 63.8 Å². The average Bonchev–Trinajstić information content (AvgIpc) is 2.81. The van der Waals surface area contributed by atoms with E-state index in [9.17, 15) is 29.1 Å². The normalized spacial score (nSPS) is 15.1. The highest BCUT2D eigenvalue weighted by molar-refractivity contribution is 6.42. The van der Waals surface area contributed by atoms with Gasteiger partial charge in [0, 0.05) is 47.6 Å². The zero-order valence-corrected chi connectivity index (χ0v) is 21.0. The van der Waals surface area contributed by atoms with Crippen molar-refractivity contribution in [1.82, 2.24) is 4.90 Å². The lowest BCUT2D eigenvalue weighted by molar-refractivity contribution is -0.131. The summed E-state index contributed by atoms with van der Waals surface area (Å²) < 4.78 is 36.1. The topological polar surface area (TPSA) is 118 Å². The van der Waals surface area contributed by atoms with Gasteiger partial charge in [-0.05, 0) is 57.2 Å². The van der Waals surface area contributed by atoms with E-state index in [1.54, 1.807) is 20.8 Å². The number of aliphatic carboxylic acids is 1. The Bertz CT molecular complexity index is 1280. The molecule has 0 unspecified atom stereocenters. The fourth-order valence-electron chi connectivity index (χ4n) is 3.86. The average molecular weight is 536 g/mol. The first-order valence-corrected chi connectivity index (χ1v) is 11.6. The standard InChI is InChI=1S/C26H24ClF2NO7/c1-25(2,3)37-24(36)30-10-8-26(29,9-11-30)22(33)15-12-17(21(32)23(34)35)19(18(28)13-15)20(31)14-4-6-16(27)7-5-14/h4-7,12-13H,8-11H2,1-3H3,(H,34,35). The smallest absolute Gasteiger partial charge is 0.410 e. The van der Waals surface area contributed by atoms with Crippen molar-refractivity contribution in [2.45, 2.75) is 44.9 Å². The van der Waals surface area contributed by atoms with Crippen molar-refractivity contribution in [3.63, 3.8) is 0 Å². The summed E-state index contributed by atoms with van der Waals surface area (Å²) in [6.45, 7) is 4.69. The third kappa shape index (κ3) is 6.19. The van der Waals surface area contributed by atoms with Gasteiger partial charge in [0.05, 0.1) is 5.56 Å². The largest absolute Gasteiger partial charge is 0.475 e. The Balaban J connectivity index is 1.94. The Morgan fingerprint density at radius 1 is 1.00 bits per heavy atom. The van der Waals surface area contributed by atoms with Gasteiger partial charge in [-0.1, -0.05) is 11.6 Å². The molecule has 1 amide bonds. The quantitative estimate of drug-likeness (QED) is 0.413. The molecule has 37 heavy (non-hydrogen) atoms. The lowest BCUT2D eigenvalue weighted by Crippen LogP contribution is -2.49. The van der Waals surface area contributed by atoms with Crippen LogP contribution >= 0.6 is 11.6 Å². The van der Waals surface area contributed by atoms with Gasteiger partial charge in [0.25, 0.3) is 5.78 Å². The Hall–Kier alpha value is -3.66. The van der Waals surface area contributed by atoms with Crippen LogP contribution in [0.4, 0.5) is 13.6 Å². The number of halogens is 3. The summed E-state index contributed by atoms with van der Waals surface area (Å²) in [5.74, 6) is -7.20. The maximum atomic E-state index is 15.7. The third-order valence-corrected chi connectivity index (χ3v) is 5.99. The zero-order valence-electron chi connectivity index (χ0n) is 20.3. The minimum absolute atomic E-state index is 0.0849. The van der Waals surface area contributed by atoms with Crippen LogP contribution in [0, 0.1) is 5.82 Å². The number of likely N-dealkylation sites (tertiary alicyclic amines) is 1. The number of carbonyl (C=O) groups excluding carboxylic acids is 4. The van der Waals surface area contributed by atoms with E-state index in [2.05, 4.69) is 0 Å². The number of carbonyl (C=O) groups is 5. The number of hydrogen-bond acceptors (Lipinski definition) is 6. The number of piperidine rings is 1. The van der Waals surface area contributed by atoms with Crippen molar-refractivity contribution in [3.05, 3.63) is 69.5 Å². The fourth-order valence-corrected chi connectivity index (χ4v) is 3.99. The highest BCUT2D eigenvalue weighted by atomic mass is 35.5. The minimum atomic E-state index is -2.52. The lowest BCUT2D eigenvalue weighted by atomic mass is 9.84. The molecular formula is C26H24ClF2NO7. The van der Waals surface area contributed by atoms with Gasteiger partial charge in [-0.15, -0.1) is 0 Å². The number of benzene rings is 2. The van der Waals surface area contributed by atoms with Crippen LogP contribution in [-0.2, 0) is 9.53 Å². The van der Waals surface area contributed by atoms with Gasteiger partial charge in [0.2, 0.25) is 0 Å². The number of nitrogens with zero attached hydrogens (tertiary/aromatic N) is 1. The first kappa shape index (κ1) is 27.9. The summed E-state index contributed by atoms with van der Waals surface area (Å²) in [6.07, 6.45) is -1.53. The predicted octanol–water partition coefficient (Wildman–Crippen LogP) is 4.90.